The van der Waals surface area contributed by atoms with E-state index in [0.29, 0.717) is 40.5 Å². The number of ether oxygens (including phenoxy) is 2. The van der Waals surface area contributed by atoms with Crippen LogP contribution in [0.5, 0.6) is 17.2 Å². The van der Waals surface area contributed by atoms with E-state index in [1.54, 1.807) is 24.3 Å². The molecule has 0 aliphatic carbocycles. The van der Waals surface area contributed by atoms with Crippen molar-refractivity contribution in [3.63, 3.8) is 0 Å². The van der Waals surface area contributed by atoms with Gasteiger partial charge in [-0.25, -0.2) is 4.99 Å². The van der Waals surface area contributed by atoms with Gasteiger partial charge in [0.05, 0.1) is 18.1 Å². The second kappa shape index (κ2) is 8.64. The number of benzene rings is 2. The fraction of sp³-hybridized carbons (Fsp3) is 0.200. The molecular weight excluding hydrogens is 364 g/mol. The molecule has 7 heteroatoms. The zero-order chi connectivity index (χ0) is 19.2. The minimum Gasteiger partial charge on any atom is -0.504 e. The van der Waals surface area contributed by atoms with Crippen molar-refractivity contribution in [2.45, 2.75) is 13.8 Å². The largest absolute Gasteiger partial charge is 0.504 e. The van der Waals surface area contributed by atoms with E-state index in [4.69, 9.17) is 9.47 Å². The lowest BCUT2D eigenvalue weighted by Gasteiger charge is -2.06. The number of carbonyl (C=O) groups excluding carboxylic acids is 1. The van der Waals surface area contributed by atoms with Gasteiger partial charge < -0.3 is 19.9 Å². The molecule has 1 aliphatic heterocycles. The molecule has 2 N–H and O–H groups in total. The van der Waals surface area contributed by atoms with Crippen molar-refractivity contribution in [2.24, 2.45) is 4.99 Å². The summed E-state index contributed by atoms with van der Waals surface area (Å²) in [6, 6.07) is 12.4. The molecule has 1 amide bonds. The first kappa shape index (κ1) is 18.8. The molecule has 140 valence electrons. The first-order valence-electron chi connectivity index (χ1n) is 8.58. The Bertz CT molecular complexity index is 909. The Labute approximate surface area is 161 Å². The molecule has 0 spiro atoms. The van der Waals surface area contributed by atoms with Crippen LogP contribution in [0.4, 0.5) is 5.69 Å². The number of aromatic hydroxyl groups is 1. The van der Waals surface area contributed by atoms with Crippen molar-refractivity contribution < 1.29 is 19.4 Å². The van der Waals surface area contributed by atoms with E-state index in [9.17, 15) is 9.90 Å². The van der Waals surface area contributed by atoms with Crippen molar-refractivity contribution in [3.8, 4) is 17.2 Å². The Hall–Kier alpha value is -2.93. The van der Waals surface area contributed by atoms with Crippen LogP contribution in [0.1, 0.15) is 19.4 Å². The highest BCUT2D eigenvalue weighted by Gasteiger charge is 2.24. The number of nitrogens with one attached hydrogen (secondary N) is 1. The van der Waals surface area contributed by atoms with Gasteiger partial charge in [-0.1, -0.05) is 18.2 Å². The molecule has 1 saturated heterocycles. The predicted molar refractivity (Wildman–Crippen MR) is 108 cm³/mol. The molecule has 0 aromatic heterocycles. The Kier molecular flexibility index (Phi) is 6.03. The van der Waals surface area contributed by atoms with E-state index in [2.05, 4.69) is 10.3 Å². The molecule has 3 rings (SSSR count). The van der Waals surface area contributed by atoms with Crippen molar-refractivity contribution in [3.05, 3.63) is 52.9 Å². The molecule has 1 aliphatic rings. The topological polar surface area (TPSA) is 80.2 Å². The summed E-state index contributed by atoms with van der Waals surface area (Å²) in [5.74, 6) is 0.894. The Morgan fingerprint density at radius 1 is 1.11 bits per heavy atom. The zero-order valence-corrected chi connectivity index (χ0v) is 15.9. The molecule has 1 fully saturated rings. The molecule has 6 nitrogen and oxygen atoms in total. The lowest BCUT2D eigenvalue weighted by molar-refractivity contribution is -0.115. The van der Waals surface area contributed by atoms with Crippen molar-refractivity contribution in [2.75, 3.05) is 13.2 Å². The van der Waals surface area contributed by atoms with Gasteiger partial charge in [0.2, 0.25) is 0 Å². The van der Waals surface area contributed by atoms with Gasteiger partial charge in [0.15, 0.2) is 16.7 Å². The third-order valence-electron chi connectivity index (χ3n) is 3.62. The number of para-hydroxylation sites is 2. The zero-order valence-electron chi connectivity index (χ0n) is 15.1. The standard InChI is InChI=1S/C20H20N2O4S/c1-3-25-16-8-6-5-7-14(16)21-20-22-19(24)18(27-20)12-13-9-10-15(23)17(11-13)26-4-2/h5-12,23H,3-4H2,1-2H3,(H,21,22,24)/b18-12+. The fourth-order valence-corrected chi connectivity index (χ4v) is 3.29. The van der Waals surface area contributed by atoms with Gasteiger partial charge >= 0.3 is 0 Å². The maximum atomic E-state index is 12.3. The molecule has 0 saturated carbocycles. The van der Waals surface area contributed by atoms with Crippen LogP contribution in [0.2, 0.25) is 0 Å². The first-order chi connectivity index (χ1) is 13.1. The number of nitrogens with zero attached hydrogens (tertiary/aromatic N) is 1. The smallest absolute Gasteiger partial charge is 0.264 e. The normalized spacial score (nSPS) is 16.6. The summed E-state index contributed by atoms with van der Waals surface area (Å²) in [4.78, 5) is 17.3. The SMILES string of the molecule is CCOc1cc(/C=C2/SC(=Nc3ccccc3OCC)NC2=O)ccc1O. The number of phenols is 1. The first-order valence-corrected chi connectivity index (χ1v) is 9.39. The van der Waals surface area contributed by atoms with Gasteiger partial charge in [0, 0.05) is 0 Å². The monoisotopic (exact) mass is 384 g/mol. The lowest BCUT2D eigenvalue weighted by Crippen LogP contribution is -2.19. The van der Waals surface area contributed by atoms with Gasteiger partial charge in [0.1, 0.15) is 11.4 Å². The molecule has 0 bridgehead atoms. The third-order valence-corrected chi connectivity index (χ3v) is 4.53. The quantitative estimate of drug-likeness (QED) is 0.734. The van der Waals surface area contributed by atoms with E-state index < -0.39 is 0 Å². The van der Waals surface area contributed by atoms with E-state index in [1.165, 1.54) is 11.8 Å². The Balaban J connectivity index is 1.84. The number of thioether (sulfide) groups is 1. The van der Waals surface area contributed by atoms with Gasteiger partial charge in [0.25, 0.3) is 5.91 Å². The summed E-state index contributed by atoms with van der Waals surface area (Å²) in [5.41, 5.74) is 1.41. The van der Waals surface area contributed by atoms with Crippen LogP contribution in [0.3, 0.4) is 0 Å². The molecule has 0 atom stereocenters. The molecular formula is C20H20N2O4S. The predicted octanol–water partition coefficient (Wildman–Crippen LogP) is 4.08. The molecule has 2 aromatic rings. The van der Waals surface area contributed by atoms with Crippen LogP contribution < -0.4 is 14.8 Å². The van der Waals surface area contributed by atoms with Crippen LogP contribution in [0.25, 0.3) is 6.08 Å². The van der Waals surface area contributed by atoms with Crippen molar-refractivity contribution in [1.82, 2.24) is 5.32 Å². The van der Waals surface area contributed by atoms with Crippen LogP contribution in [0, 0.1) is 0 Å². The number of hydrogen-bond acceptors (Lipinski definition) is 6. The maximum Gasteiger partial charge on any atom is 0.264 e. The number of aliphatic imine (C=N–C) groups is 1. The Morgan fingerprint density at radius 2 is 1.85 bits per heavy atom. The minimum atomic E-state index is -0.223. The highest BCUT2D eigenvalue weighted by atomic mass is 32.2. The molecule has 0 radical (unpaired) electrons. The number of carbonyl (C=O) groups is 1. The summed E-state index contributed by atoms with van der Waals surface area (Å²) in [7, 11) is 0. The minimum absolute atomic E-state index is 0.0670. The summed E-state index contributed by atoms with van der Waals surface area (Å²) in [6.45, 7) is 4.73. The third kappa shape index (κ3) is 4.62. The van der Waals surface area contributed by atoms with E-state index in [1.807, 2.05) is 38.1 Å². The van der Waals surface area contributed by atoms with Crippen LogP contribution in [0.15, 0.2) is 52.4 Å². The lowest BCUT2D eigenvalue weighted by atomic mass is 10.2. The number of amidine groups is 1. The molecule has 27 heavy (non-hydrogen) atoms. The second-order valence-corrected chi connectivity index (χ2v) is 6.57. The highest BCUT2D eigenvalue weighted by molar-refractivity contribution is 8.18. The second-order valence-electron chi connectivity index (χ2n) is 5.54. The number of phenolic OH excluding ortho intramolecular Hbond substituents is 1. The fourth-order valence-electron chi connectivity index (χ4n) is 2.46. The maximum absolute atomic E-state index is 12.3. The van der Waals surface area contributed by atoms with Crippen LogP contribution in [-0.2, 0) is 4.79 Å². The van der Waals surface area contributed by atoms with Gasteiger partial charge in [-0.2, -0.15) is 0 Å². The summed E-state index contributed by atoms with van der Waals surface area (Å²) < 4.78 is 10.9. The molecule has 1 heterocycles. The van der Waals surface area contributed by atoms with Gasteiger partial charge in [-0.15, -0.1) is 0 Å². The van der Waals surface area contributed by atoms with Crippen molar-refractivity contribution >= 4 is 34.6 Å². The number of rotatable bonds is 6. The van der Waals surface area contributed by atoms with Crippen LogP contribution in [-0.4, -0.2) is 29.4 Å². The van der Waals surface area contributed by atoms with E-state index in [0.717, 1.165) is 5.56 Å². The molecule has 0 unspecified atom stereocenters. The van der Waals surface area contributed by atoms with Gasteiger partial charge in [-0.3, -0.25) is 4.79 Å². The average molecular weight is 384 g/mol. The summed E-state index contributed by atoms with van der Waals surface area (Å²) >= 11 is 1.25. The number of hydrogen-bond donors (Lipinski definition) is 2. The van der Waals surface area contributed by atoms with E-state index >= 15 is 0 Å². The summed E-state index contributed by atoms with van der Waals surface area (Å²) in [5, 5.41) is 13.0. The highest BCUT2D eigenvalue weighted by Crippen LogP contribution is 2.33. The van der Waals surface area contributed by atoms with Gasteiger partial charge in [-0.05, 0) is 61.5 Å². The number of amides is 1. The van der Waals surface area contributed by atoms with Crippen LogP contribution >= 0.6 is 11.8 Å². The molecule has 2 aromatic carbocycles. The Morgan fingerprint density at radius 3 is 2.63 bits per heavy atom. The van der Waals surface area contributed by atoms with E-state index in [-0.39, 0.29) is 11.7 Å². The summed E-state index contributed by atoms with van der Waals surface area (Å²) in [6.07, 6.45) is 1.74. The van der Waals surface area contributed by atoms with Crippen molar-refractivity contribution in [1.29, 1.82) is 0 Å². The average Bonchev–Trinajstić information content (AvgIpc) is 2.99.